The molecule has 200 valence electrons. The highest BCUT2D eigenvalue weighted by Crippen LogP contribution is 2.40. The Labute approximate surface area is 225 Å². The van der Waals surface area contributed by atoms with Crippen molar-refractivity contribution >= 4 is 23.2 Å². The van der Waals surface area contributed by atoms with Gasteiger partial charge in [0.1, 0.15) is 23.1 Å². The van der Waals surface area contributed by atoms with E-state index in [0.29, 0.717) is 30.2 Å². The van der Waals surface area contributed by atoms with Crippen molar-refractivity contribution in [2.24, 2.45) is 5.92 Å². The van der Waals surface area contributed by atoms with Crippen molar-refractivity contribution in [3.05, 3.63) is 95.1 Å². The minimum atomic E-state index is -1.26. The lowest BCUT2D eigenvalue weighted by Crippen LogP contribution is -2.56. The number of nitrogens with zero attached hydrogens (tertiary/aromatic N) is 1. The lowest BCUT2D eigenvalue weighted by Gasteiger charge is -2.37. The zero-order chi connectivity index (χ0) is 27.3. The summed E-state index contributed by atoms with van der Waals surface area (Å²) in [5, 5.41) is 16.1. The summed E-state index contributed by atoms with van der Waals surface area (Å²) in [4.78, 5) is 14.7. The van der Waals surface area contributed by atoms with Crippen molar-refractivity contribution in [2.75, 3.05) is 33.9 Å². The van der Waals surface area contributed by atoms with Crippen LogP contribution in [0.1, 0.15) is 21.5 Å². The van der Waals surface area contributed by atoms with Crippen LogP contribution < -0.4 is 20.1 Å². The largest absolute Gasteiger partial charge is 0.497 e. The Morgan fingerprint density at radius 1 is 1.11 bits per heavy atom. The quantitative estimate of drug-likeness (QED) is 0.376. The van der Waals surface area contributed by atoms with E-state index in [-0.39, 0.29) is 23.8 Å². The van der Waals surface area contributed by atoms with Crippen molar-refractivity contribution in [1.29, 1.82) is 0 Å². The molecular formula is C28H29F2N3O4S. The van der Waals surface area contributed by atoms with E-state index >= 15 is 4.39 Å². The molecule has 2 atom stereocenters. The number of carbonyl (C=O) groups is 1. The van der Waals surface area contributed by atoms with Crippen LogP contribution >= 0.6 is 12.2 Å². The highest BCUT2D eigenvalue weighted by molar-refractivity contribution is 7.80. The SMILES string of the molecule is COc1ccc(CN2C[C@@H](CO)[C@](NC(=S)NC(=O)c3ccccc3)(c3ccc(F)cc3F)C2)c(OC)c1. The van der Waals surface area contributed by atoms with Gasteiger partial charge in [0.15, 0.2) is 5.11 Å². The molecule has 3 aromatic carbocycles. The van der Waals surface area contributed by atoms with Crippen molar-refractivity contribution in [3.8, 4) is 11.5 Å². The van der Waals surface area contributed by atoms with Crippen LogP contribution in [0.4, 0.5) is 8.78 Å². The molecule has 1 aliphatic rings. The minimum Gasteiger partial charge on any atom is -0.497 e. The van der Waals surface area contributed by atoms with Gasteiger partial charge in [0, 0.05) is 61.0 Å². The number of hydrogen-bond donors (Lipinski definition) is 3. The van der Waals surface area contributed by atoms with E-state index in [1.54, 1.807) is 50.6 Å². The number of aliphatic hydroxyl groups excluding tert-OH is 1. The highest BCUT2D eigenvalue weighted by Gasteiger charge is 2.49. The number of benzene rings is 3. The fraction of sp³-hybridized carbons (Fsp3) is 0.286. The molecule has 10 heteroatoms. The maximum absolute atomic E-state index is 15.2. The molecule has 0 radical (unpaired) electrons. The standard InChI is InChI=1S/C28H29F2N3O4S/c1-36-22-10-8-19(25(13-22)37-2)14-33-15-20(16-34)28(17-33,23-11-9-21(29)12-24(23)30)32-27(38)31-26(35)18-6-4-3-5-7-18/h3-13,20,34H,14-17H2,1-2H3,(H2,31,32,35,38)/t20-,28-/m0/s1. The molecule has 0 aromatic heterocycles. The molecule has 4 rings (SSSR count). The van der Waals surface area contributed by atoms with Gasteiger partial charge in [0.05, 0.1) is 19.8 Å². The number of halogens is 2. The predicted molar refractivity (Wildman–Crippen MR) is 143 cm³/mol. The van der Waals surface area contributed by atoms with Gasteiger partial charge in [0.2, 0.25) is 0 Å². The maximum Gasteiger partial charge on any atom is 0.257 e. The summed E-state index contributed by atoms with van der Waals surface area (Å²) in [6.07, 6.45) is 0. The van der Waals surface area contributed by atoms with Crippen LogP contribution in [0.2, 0.25) is 0 Å². The molecule has 3 N–H and O–H groups in total. The first-order valence-corrected chi connectivity index (χ1v) is 12.4. The fourth-order valence-electron chi connectivity index (χ4n) is 4.94. The first-order valence-electron chi connectivity index (χ1n) is 12.0. The van der Waals surface area contributed by atoms with Crippen LogP contribution in [0.3, 0.4) is 0 Å². The summed E-state index contributed by atoms with van der Waals surface area (Å²) in [6, 6.07) is 17.3. The van der Waals surface area contributed by atoms with Crippen LogP contribution in [0.5, 0.6) is 11.5 Å². The number of amides is 1. The average molecular weight is 542 g/mol. The second-order valence-electron chi connectivity index (χ2n) is 9.10. The van der Waals surface area contributed by atoms with E-state index in [1.807, 2.05) is 17.0 Å². The lowest BCUT2D eigenvalue weighted by molar-refractivity contribution is 0.0975. The van der Waals surface area contributed by atoms with E-state index < -0.39 is 29.0 Å². The summed E-state index contributed by atoms with van der Waals surface area (Å²) >= 11 is 5.47. The zero-order valence-corrected chi connectivity index (χ0v) is 21.9. The molecule has 0 spiro atoms. The molecule has 1 amide bonds. The molecule has 0 aliphatic carbocycles. The van der Waals surface area contributed by atoms with Crippen LogP contribution in [0.25, 0.3) is 0 Å². The third-order valence-corrected chi connectivity index (χ3v) is 6.97. The van der Waals surface area contributed by atoms with Crippen LogP contribution in [0.15, 0.2) is 66.7 Å². The second-order valence-corrected chi connectivity index (χ2v) is 9.50. The topological polar surface area (TPSA) is 83.1 Å². The second kappa shape index (κ2) is 11.8. The first-order chi connectivity index (χ1) is 18.3. The summed E-state index contributed by atoms with van der Waals surface area (Å²) < 4.78 is 39.9. The van der Waals surface area contributed by atoms with E-state index in [2.05, 4.69) is 10.6 Å². The van der Waals surface area contributed by atoms with E-state index in [9.17, 15) is 14.3 Å². The Morgan fingerprint density at radius 2 is 1.87 bits per heavy atom. The zero-order valence-electron chi connectivity index (χ0n) is 21.0. The number of thiocarbonyl (C=S) groups is 1. The molecule has 0 saturated carbocycles. The number of hydrogen-bond acceptors (Lipinski definition) is 6. The summed E-state index contributed by atoms with van der Waals surface area (Å²) in [6.45, 7) is 0.677. The first kappa shape index (κ1) is 27.4. The van der Waals surface area contributed by atoms with Gasteiger partial charge in [-0.3, -0.25) is 15.0 Å². The third-order valence-electron chi connectivity index (χ3n) is 6.77. The van der Waals surface area contributed by atoms with Gasteiger partial charge in [-0.15, -0.1) is 0 Å². The van der Waals surface area contributed by atoms with Gasteiger partial charge in [0.25, 0.3) is 5.91 Å². The molecule has 1 saturated heterocycles. The number of rotatable bonds is 8. The van der Waals surface area contributed by atoms with Crippen molar-refractivity contribution in [3.63, 3.8) is 0 Å². The summed E-state index contributed by atoms with van der Waals surface area (Å²) in [5.41, 5.74) is 0.142. The molecule has 1 aliphatic heterocycles. The molecule has 38 heavy (non-hydrogen) atoms. The number of aliphatic hydroxyl groups is 1. The van der Waals surface area contributed by atoms with E-state index in [0.717, 1.165) is 17.7 Å². The maximum atomic E-state index is 15.2. The third kappa shape index (κ3) is 5.77. The normalized spacial score (nSPS) is 19.1. The van der Waals surface area contributed by atoms with Crippen LogP contribution in [-0.2, 0) is 12.1 Å². The van der Waals surface area contributed by atoms with Gasteiger partial charge in [-0.1, -0.05) is 30.3 Å². The Balaban J connectivity index is 1.65. The molecule has 0 bridgehead atoms. The monoisotopic (exact) mass is 541 g/mol. The van der Waals surface area contributed by atoms with Crippen molar-refractivity contribution in [2.45, 2.75) is 12.1 Å². The molecule has 3 aromatic rings. The average Bonchev–Trinajstić information content (AvgIpc) is 3.26. The smallest absolute Gasteiger partial charge is 0.257 e. The van der Waals surface area contributed by atoms with Gasteiger partial charge in [-0.2, -0.15) is 0 Å². The van der Waals surface area contributed by atoms with E-state index in [4.69, 9.17) is 21.7 Å². The highest BCUT2D eigenvalue weighted by atomic mass is 32.1. The van der Waals surface area contributed by atoms with Crippen LogP contribution in [-0.4, -0.2) is 54.9 Å². The van der Waals surface area contributed by atoms with Gasteiger partial charge in [-0.05, 0) is 36.5 Å². The van der Waals surface area contributed by atoms with Gasteiger partial charge >= 0.3 is 0 Å². The number of methoxy groups -OCH3 is 2. The molecule has 1 fully saturated rings. The summed E-state index contributed by atoms with van der Waals surface area (Å²) in [7, 11) is 3.13. The lowest BCUT2D eigenvalue weighted by atomic mass is 9.80. The number of likely N-dealkylation sites (tertiary alicyclic amines) is 1. The van der Waals surface area contributed by atoms with Gasteiger partial charge in [-0.25, -0.2) is 8.78 Å². The van der Waals surface area contributed by atoms with Crippen molar-refractivity contribution < 1.29 is 28.2 Å². The fourth-order valence-corrected chi connectivity index (χ4v) is 5.21. The predicted octanol–water partition coefficient (Wildman–Crippen LogP) is 3.61. The minimum absolute atomic E-state index is 0.0371. The molecular weight excluding hydrogens is 512 g/mol. The van der Waals surface area contributed by atoms with Crippen LogP contribution in [0, 0.1) is 17.6 Å². The van der Waals surface area contributed by atoms with Gasteiger partial charge < -0.3 is 19.9 Å². The number of carbonyl (C=O) groups excluding carboxylic acids is 1. The molecule has 1 heterocycles. The Morgan fingerprint density at radius 3 is 2.53 bits per heavy atom. The Bertz CT molecular complexity index is 1310. The molecule has 0 unspecified atom stereocenters. The Kier molecular flexibility index (Phi) is 8.55. The summed E-state index contributed by atoms with van der Waals surface area (Å²) in [5.74, 6) is -1.22. The Hall–Kier alpha value is -3.60. The van der Waals surface area contributed by atoms with Crippen molar-refractivity contribution in [1.82, 2.24) is 15.5 Å². The number of ether oxygens (including phenoxy) is 2. The number of nitrogens with one attached hydrogen (secondary N) is 2. The molecule has 7 nitrogen and oxygen atoms in total. The van der Waals surface area contributed by atoms with E-state index in [1.165, 1.54) is 6.07 Å².